The number of rotatable bonds is 14. The van der Waals surface area contributed by atoms with Crippen LogP contribution < -0.4 is 5.32 Å². The third-order valence-electron chi connectivity index (χ3n) is 27.3. The number of carbonyl (C=O) groups is 1. The lowest BCUT2D eigenvalue weighted by atomic mass is 9.94. The summed E-state index contributed by atoms with van der Waals surface area (Å²) in [5.74, 6) is 8.46. The van der Waals surface area contributed by atoms with E-state index in [9.17, 15) is 15.0 Å². The number of fused-ring (bicyclic) bond motifs is 15. The Bertz CT molecular complexity index is 7970. The molecular formula is C106H104IN25O4. The molecule has 7 aliphatic rings. The van der Waals surface area contributed by atoms with Gasteiger partial charge >= 0.3 is 0 Å². The Hall–Kier alpha value is -13.7. The average Bonchev–Trinajstić information content (AvgIpc) is 1.61. The monoisotopic (exact) mass is 1920 g/mol. The van der Waals surface area contributed by atoms with Crippen LogP contribution in [-0.4, -0.2) is 141 Å². The highest BCUT2D eigenvalue weighted by Gasteiger charge is 2.42. The van der Waals surface area contributed by atoms with Crippen LogP contribution in [0.2, 0.25) is 0 Å². The quantitative estimate of drug-likeness (QED) is 0.0517. The van der Waals surface area contributed by atoms with Gasteiger partial charge in [-0.2, -0.15) is 0 Å². The van der Waals surface area contributed by atoms with E-state index in [4.69, 9.17) is 34.6 Å². The standard InChI is InChI=1S/C22H21N5O.C22H25N5O.C22H23N5O.C21H19N5O.C19H16IN5/c1-12-4-7-15(22(3)11-28-22)10-16(12)20-26-25-19-13(2)23-18-9-8-17(14-5-6-14)24-21(18)27(19)20;2*1-12-5-8-15(22(3,4)28)11-16(12)20-26-25-19-13(2)23-18-10-9-17(14-6-7-14)24-21(18)27(19)20;1-11-4-5-15(13(3)27)10-16(11)20-25-24-19-12(2)22-18-9-8-17(14-6-7-14)23-21(18)26(19)20;1-10-3-6-13(20)9-14(10)18-24-23-17-11(2)21-16-8-7-15(12-4-5-12)22-19(16)25(17)18/h4,7-10,14H,5-6,11H2,1-3H3;5,8-11,13-14,23,28H,6-7H2,1-4H3;5,8-11,14,28H,6-7H2,1-4H3;4-5,8-10,14H,6-7H2,1-3H3;3,6-9,12H,4-5H2,1-2H3. The number of aromatic nitrogens is 24. The van der Waals surface area contributed by atoms with Crippen molar-refractivity contribution in [3.8, 4) is 62.8 Å². The Morgan fingerprint density at radius 1 is 0.382 bits per heavy atom. The fourth-order valence-corrected chi connectivity index (χ4v) is 18.7. The van der Waals surface area contributed by atoms with Gasteiger partial charge in [-0.05, 0) is 339 Å². The second-order valence-corrected chi connectivity index (χ2v) is 40.4. The number of aryl methyl sites for hydroxylation is 9. The lowest BCUT2D eigenvalue weighted by molar-refractivity contribution is 0.0781. The Labute approximate surface area is 798 Å². The molecule has 2 atom stereocenters. The molecule has 2 aliphatic heterocycles. The van der Waals surface area contributed by atoms with Crippen LogP contribution in [0.5, 0.6) is 0 Å². The molecule has 30 heteroatoms. The van der Waals surface area contributed by atoms with Gasteiger partial charge in [0.15, 0.2) is 91.7 Å². The first-order chi connectivity index (χ1) is 65.3. The van der Waals surface area contributed by atoms with Gasteiger partial charge in [0.2, 0.25) is 0 Å². The zero-order valence-electron chi connectivity index (χ0n) is 79.0. The summed E-state index contributed by atoms with van der Waals surface area (Å²) < 4.78 is 17.1. The van der Waals surface area contributed by atoms with Gasteiger partial charge in [0, 0.05) is 95.0 Å². The summed E-state index contributed by atoms with van der Waals surface area (Å²) in [7, 11) is 0. The molecule has 1 saturated heterocycles. The van der Waals surface area contributed by atoms with E-state index in [-0.39, 0.29) is 17.4 Å². The largest absolute Gasteiger partial charge is 0.386 e. The number of carbonyl (C=O) groups excluding carboxylic acids is 1. The minimum Gasteiger partial charge on any atom is -0.386 e. The van der Waals surface area contributed by atoms with E-state index in [2.05, 4.69) is 227 Å². The summed E-state index contributed by atoms with van der Waals surface area (Å²) in [5, 5.41) is 69.1. The molecule has 0 amide bonds. The molecule has 5 aromatic carbocycles. The number of nitrogens with one attached hydrogen (secondary N) is 1. The summed E-state index contributed by atoms with van der Waals surface area (Å²) in [4.78, 5) is 55.3. The van der Waals surface area contributed by atoms with Crippen molar-refractivity contribution < 1.29 is 19.7 Å². The number of epoxide rings is 1. The molecule has 19 aromatic rings. The smallest absolute Gasteiger partial charge is 0.184 e. The van der Waals surface area contributed by atoms with Crippen molar-refractivity contribution in [2.45, 2.75) is 227 Å². The van der Waals surface area contributed by atoms with Gasteiger partial charge < -0.3 is 20.3 Å². The van der Waals surface area contributed by atoms with Crippen molar-refractivity contribution in [3.63, 3.8) is 0 Å². The van der Waals surface area contributed by atoms with Gasteiger partial charge in [-0.3, -0.25) is 27.0 Å². The number of Topliss-reactive ketones (excluding diaryl/α,β-unsaturated/α-hetero) is 1. The van der Waals surface area contributed by atoms with Crippen LogP contribution in [-0.2, 0) is 21.5 Å². The molecule has 16 heterocycles. The summed E-state index contributed by atoms with van der Waals surface area (Å²) in [5.41, 5.74) is 31.6. The topological polar surface area (TPSA) is 350 Å². The van der Waals surface area contributed by atoms with E-state index in [0.717, 1.165) is 221 Å². The highest BCUT2D eigenvalue weighted by Crippen LogP contribution is 2.48. The maximum Gasteiger partial charge on any atom is 0.184 e. The summed E-state index contributed by atoms with van der Waals surface area (Å²) in [6, 6.07) is 51.4. The number of halogens is 1. The minimum absolute atomic E-state index is 0.0296. The lowest BCUT2D eigenvalue weighted by Crippen LogP contribution is -2.22. The van der Waals surface area contributed by atoms with Crippen LogP contribution in [0.25, 0.3) is 130 Å². The number of aliphatic hydroxyl groups is 2. The number of ketones is 1. The van der Waals surface area contributed by atoms with Crippen LogP contribution in [0, 0.1) is 65.9 Å². The minimum atomic E-state index is -0.931. The second-order valence-electron chi connectivity index (χ2n) is 39.2. The van der Waals surface area contributed by atoms with Crippen LogP contribution in [0.15, 0.2) is 152 Å². The first-order valence-corrected chi connectivity index (χ1v) is 48.1. The van der Waals surface area contributed by atoms with E-state index in [1.165, 1.54) is 78.9 Å². The van der Waals surface area contributed by atoms with E-state index >= 15 is 0 Å². The van der Waals surface area contributed by atoms with Gasteiger partial charge in [-0.1, -0.05) is 54.6 Å². The van der Waals surface area contributed by atoms with Crippen molar-refractivity contribution in [2.24, 2.45) is 0 Å². The Morgan fingerprint density at radius 3 is 1.07 bits per heavy atom. The molecule has 6 fully saturated rings. The number of benzene rings is 5. The SMILES string of the molecule is CC(=O)c1ccc(C)c(-c2nnc3c(C)nc4ccc(C5CC5)nc4n23)c1.Cc1ccc(C(C)(C)O)cc1-c1nnc2c(C)nc3ccc(C4CC4)nc3n12.Cc1ccc(C(C)(C)O)cc1-c1nnc2n1-c1nc(C3CC3)ccc1NC2C.Cc1ccc(C2(C)CO2)cc1-c1nnc2c(C)nc3ccc(C4CC4)nc3n12.Cc1ccc(I)cc1-c1nnc2c(C)nc3ccc(C4CC4)nc3n12. The average molecular weight is 1920 g/mol. The molecule has 0 radical (unpaired) electrons. The Kier molecular flexibility index (Phi) is 21.5. The van der Waals surface area contributed by atoms with E-state index in [0.29, 0.717) is 46.6 Å². The fraction of sp³-hybridized carbons (Fsp3) is 0.340. The Balaban J connectivity index is 0.0000000986. The normalized spacial score (nSPS) is 16.8. The zero-order valence-corrected chi connectivity index (χ0v) is 81.2. The van der Waals surface area contributed by atoms with Crippen molar-refractivity contribution in [1.82, 2.24) is 118 Å². The molecular weight excluding hydrogens is 1810 g/mol. The molecule has 0 spiro atoms. The lowest BCUT2D eigenvalue weighted by Gasteiger charge is -2.26. The number of anilines is 1. The number of hydrogen-bond acceptors (Lipinski definition) is 24. The molecule has 5 saturated carbocycles. The molecule has 26 rings (SSSR count). The Morgan fingerprint density at radius 2 is 0.706 bits per heavy atom. The number of ether oxygens (including phenoxy) is 1. The molecule has 3 N–H and O–H groups in total. The van der Waals surface area contributed by atoms with Gasteiger partial charge in [-0.25, -0.2) is 44.9 Å². The zero-order chi connectivity index (χ0) is 94.1. The maximum atomic E-state index is 11.9. The molecule has 5 aliphatic carbocycles. The highest BCUT2D eigenvalue weighted by atomic mass is 127. The van der Waals surface area contributed by atoms with Crippen LogP contribution in [0.4, 0.5) is 5.69 Å². The van der Waals surface area contributed by atoms with Gasteiger partial charge in [0.05, 0.1) is 52.3 Å². The van der Waals surface area contributed by atoms with Crippen LogP contribution in [0.1, 0.15) is 260 Å². The third kappa shape index (κ3) is 16.4. The van der Waals surface area contributed by atoms with E-state index in [1.54, 1.807) is 34.6 Å². The number of nitrogens with zero attached hydrogens (tertiary/aromatic N) is 24. The van der Waals surface area contributed by atoms with Crippen molar-refractivity contribution in [2.75, 3.05) is 11.9 Å². The molecule has 136 heavy (non-hydrogen) atoms. The predicted octanol–water partition coefficient (Wildman–Crippen LogP) is 20.8. The fourth-order valence-electron chi connectivity index (χ4n) is 18.2. The first-order valence-electron chi connectivity index (χ1n) is 47.0. The molecule has 29 nitrogen and oxygen atoms in total. The molecule has 2 unspecified atom stereocenters. The summed E-state index contributed by atoms with van der Waals surface area (Å²) in [6.07, 6.45) is 12.1. The van der Waals surface area contributed by atoms with Gasteiger partial charge in [-0.15, -0.1) is 51.0 Å². The third-order valence-corrected chi connectivity index (χ3v) is 28.0. The van der Waals surface area contributed by atoms with Crippen molar-refractivity contribution in [3.05, 3.63) is 262 Å². The van der Waals surface area contributed by atoms with Gasteiger partial charge in [0.25, 0.3) is 0 Å². The molecule has 14 aromatic heterocycles. The summed E-state index contributed by atoms with van der Waals surface area (Å²) >= 11 is 2.33. The second kappa shape index (κ2) is 33.4. The van der Waals surface area contributed by atoms with E-state index in [1.807, 2.05) is 117 Å². The van der Waals surface area contributed by atoms with Crippen molar-refractivity contribution in [1.29, 1.82) is 0 Å². The number of pyridine rings is 5. The van der Waals surface area contributed by atoms with Crippen LogP contribution in [0.3, 0.4) is 0 Å². The molecule has 684 valence electrons. The van der Waals surface area contributed by atoms with E-state index < -0.39 is 11.2 Å². The molecule has 0 bridgehead atoms. The number of hydrogen-bond donors (Lipinski definition) is 3. The maximum absolute atomic E-state index is 11.9. The first kappa shape index (κ1) is 87.6. The van der Waals surface area contributed by atoms with Crippen molar-refractivity contribution >= 4 is 101 Å². The van der Waals surface area contributed by atoms with Crippen LogP contribution >= 0.6 is 22.6 Å². The summed E-state index contributed by atoms with van der Waals surface area (Å²) in [6.45, 7) is 31.9. The highest BCUT2D eigenvalue weighted by molar-refractivity contribution is 14.1. The predicted molar refractivity (Wildman–Crippen MR) is 532 cm³/mol. The van der Waals surface area contributed by atoms with Gasteiger partial charge in [0.1, 0.15) is 27.7 Å².